The van der Waals surface area contributed by atoms with Gasteiger partial charge in [-0.05, 0) is 50.1 Å². The average Bonchev–Trinajstić information content (AvgIpc) is 2.44. The van der Waals surface area contributed by atoms with Crippen molar-refractivity contribution in [3.63, 3.8) is 0 Å². The highest BCUT2D eigenvalue weighted by Gasteiger charge is 2.16. The maximum Gasteiger partial charge on any atom is 0.258 e. The van der Waals surface area contributed by atoms with Crippen molar-refractivity contribution in [3.05, 3.63) is 65.2 Å². The van der Waals surface area contributed by atoms with Gasteiger partial charge >= 0.3 is 0 Å². The molecule has 0 aromatic heterocycles. The Kier molecular flexibility index (Phi) is 4.57. The number of carbonyl (C=O) groups is 1. The van der Waals surface area contributed by atoms with Crippen LogP contribution in [0.4, 0.5) is 5.69 Å². The van der Waals surface area contributed by atoms with Crippen LogP contribution in [0.25, 0.3) is 0 Å². The zero-order valence-corrected chi connectivity index (χ0v) is 12.4. The molecule has 0 fully saturated rings. The van der Waals surface area contributed by atoms with Gasteiger partial charge in [-0.1, -0.05) is 36.8 Å². The predicted molar refractivity (Wildman–Crippen MR) is 84.3 cm³/mol. The Hall–Kier alpha value is -2.09. The number of carbonyl (C=O) groups excluding carboxylic acids is 1. The topological polar surface area (TPSA) is 20.3 Å². The minimum absolute atomic E-state index is 0.0705. The zero-order chi connectivity index (χ0) is 14.5. The second-order valence-electron chi connectivity index (χ2n) is 5.17. The maximum absolute atomic E-state index is 12.7. The first-order chi connectivity index (χ1) is 9.61. The Morgan fingerprint density at radius 3 is 2.25 bits per heavy atom. The molecule has 0 saturated carbocycles. The molecule has 0 bridgehead atoms. The number of hydrogen-bond acceptors (Lipinski definition) is 1. The van der Waals surface area contributed by atoms with Crippen LogP contribution in [0.3, 0.4) is 0 Å². The van der Waals surface area contributed by atoms with E-state index in [0.717, 1.165) is 29.8 Å². The maximum atomic E-state index is 12.7. The lowest BCUT2D eigenvalue weighted by atomic mass is 10.1. The Morgan fingerprint density at radius 2 is 1.65 bits per heavy atom. The number of aryl methyl sites for hydroxylation is 2. The van der Waals surface area contributed by atoms with Gasteiger partial charge in [0, 0.05) is 17.8 Å². The average molecular weight is 267 g/mol. The molecule has 0 saturated heterocycles. The minimum Gasteiger partial charge on any atom is -0.308 e. The molecule has 1 amide bonds. The standard InChI is InChI=1S/C18H21NO/c1-4-11-19(17-10-6-8-15(3)13-17)18(20)16-9-5-7-14(2)12-16/h5-10,12-13H,4,11H2,1-3H3. The molecule has 104 valence electrons. The number of rotatable bonds is 4. The summed E-state index contributed by atoms with van der Waals surface area (Å²) >= 11 is 0. The first-order valence-electron chi connectivity index (χ1n) is 7.07. The van der Waals surface area contributed by atoms with E-state index in [2.05, 4.69) is 13.0 Å². The highest BCUT2D eigenvalue weighted by Crippen LogP contribution is 2.19. The molecule has 2 nitrogen and oxygen atoms in total. The van der Waals surface area contributed by atoms with Crippen LogP contribution in [0.15, 0.2) is 48.5 Å². The van der Waals surface area contributed by atoms with Gasteiger partial charge in [-0.3, -0.25) is 4.79 Å². The van der Waals surface area contributed by atoms with E-state index >= 15 is 0 Å². The first kappa shape index (κ1) is 14.3. The molecule has 0 aliphatic carbocycles. The lowest BCUT2D eigenvalue weighted by Gasteiger charge is -2.23. The smallest absolute Gasteiger partial charge is 0.258 e. The fourth-order valence-corrected chi connectivity index (χ4v) is 2.30. The van der Waals surface area contributed by atoms with Crippen LogP contribution in [0.1, 0.15) is 34.8 Å². The molecule has 0 aliphatic heterocycles. The fourth-order valence-electron chi connectivity index (χ4n) is 2.30. The predicted octanol–water partition coefficient (Wildman–Crippen LogP) is 4.36. The van der Waals surface area contributed by atoms with Crippen LogP contribution in [-0.2, 0) is 0 Å². The van der Waals surface area contributed by atoms with Crippen molar-refractivity contribution in [3.8, 4) is 0 Å². The molecule has 2 rings (SSSR count). The number of hydrogen-bond donors (Lipinski definition) is 0. The van der Waals surface area contributed by atoms with E-state index in [1.165, 1.54) is 5.56 Å². The Balaban J connectivity index is 2.35. The van der Waals surface area contributed by atoms with Crippen molar-refractivity contribution in [1.29, 1.82) is 0 Å². The molecule has 0 heterocycles. The Labute approximate surface area is 121 Å². The minimum atomic E-state index is 0.0705. The molecular formula is C18H21NO. The molecule has 0 aliphatic rings. The van der Waals surface area contributed by atoms with Crippen molar-refractivity contribution in [2.45, 2.75) is 27.2 Å². The van der Waals surface area contributed by atoms with E-state index in [4.69, 9.17) is 0 Å². The van der Waals surface area contributed by atoms with E-state index in [0.29, 0.717) is 0 Å². The summed E-state index contributed by atoms with van der Waals surface area (Å²) in [5, 5.41) is 0. The molecule has 2 heteroatoms. The van der Waals surface area contributed by atoms with Gasteiger partial charge in [0.15, 0.2) is 0 Å². The van der Waals surface area contributed by atoms with Gasteiger partial charge in [0.05, 0.1) is 0 Å². The van der Waals surface area contributed by atoms with Crippen molar-refractivity contribution < 1.29 is 4.79 Å². The monoisotopic (exact) mass is 267 g/mol. The van der Waals surface area contributed by atoms with Crippen molar-refractivity contribution in [2.24, 2.45) is 0 Å². The van der Waals surface area contributed by atoms with E-state index in [1.54, 1.807) is 0 Å². The van der Waals surface area contributed by atoms with Crippen LogP contribution in [-0.4, -0.2) is 12.5 Å². The molecule has 2 aromatic rings. The highest BCUT2D eigenvalue weighted by atomic mass is 16.2. The summed E-state index contributed by atoms with van der Waals surface area (Å²) in [7, 11) is 0. The van der Waals surface area contributed by atoms with E-state index in [-0.39, 0.29) is 5.91 Å². The first-order valence-corrected chi connectivity index (χ1v) is 7.07. The van der Waals surface area contributed by atoms with Crippen molar-refractivity contribution >= 4 is 11.6 Å². The molecular weight excluding hydrogens is 246 g/mol. The number of anilines is 1. The van der Waals surface area contributed by atoms with Gasteiger partial charge < -0.3 is 4.90 Å². The van der Waals surface area contributed by atoms with Gasteiger partial charge in [-0.2, -0.15) is 0 Å². The van der Waals surface area contributed by atoms with Crippen LogP contribution in [0.2, 0.25) is 0 Å². The van der Waals surface area contributed by atoms with Gasteiger partial charge in [0.2, 0.25) is 0 Å². The van der Waals surface area contributed by atoms with Crippen molar-refractivity contribution in [2.75, 3.05) is 11.4 Å². The SMILES string of the molecule is CCCN(C(=O)c1cccc(C)c1)c1cccc(C)c1. The van der Waals surface area contributed by atoms with Crippen LogP contribution in [0.5, 0.6) is 0 Å². The lowest BCUT2D eigenvalue weighted by Crippen LogP contribution is -2.31. The normalized spacial score (nSPS) is 10.3. The molecule has 0 unspecified atom stereocenters. The van der Waals surface area contributed by atoms with Crippen LogP contribution < -0.4 is 4.90 Å². The lowest BCUT2D eigenvalue weighted by molar-refractivity contribution is 0.0987. The summed E-state index contributed by atoms with van der Waals surface area (Å²) < 4.78 is 0. The third kappa shape index (κ3) is 3.27. The largest absolute Gasteiger partial charge is 0.308 e. The van der Waals surface area contributed by atoms with E-state index < -0.39 is 0 Å². The second-order valence-corrected chi connectivity index (χ2v) is 5.17. The third-order valence-corrected chi connectivity index (χ3v) is 3.27. The molecule has 0 spiro atoms. The number of nitrogens with zero attached hydrogens (tertiary/aromatic N) is 1. The Morgan fingerprint density at radius 1 is 1.00 bits per heavy atom. The summed E-state index contributed by atoms with van der Waals surface area (Å²) in [6.07, 6.45) is 0.936. The van der Waals surface area contributed by atoms with Crippen LogP contribution in [0, 0.1) is 13.8 Å². The second kappa shape index (κ2) is 6.38. The molecule has 0 N–H and O–H groups in total. The fraction of sp³-hybridized carbons (Fsp3) is 0.278. The number of amides is 1. The molecule has 20 heavy (non-hydrogen) atoms. The molecule has 2 aromatic carbocycles. The quantitative estimate of drug-likeness (QED) is 0.806. The van der Waals surface area contributed by atoms with Crippen molar-refractivity contribution in [1.82, 2.24) is 0 Å². The van der Waals surface area contributed by atoms with Gasteiger partial charge in [0.25, 0.3) is 5.91 Å². The van der Waals surface area contributed by atoms with Gasteiger partial charge in [-0.15, -0.1) is 0 Å². The zero-order valence-electron chi connectivity index (χ0n) is 12.4. The van der Waals surface area contributed by atoms with E-state index in [9.17, 15) is 4.79 Å². The summed E-state index contributed by atoms with van der Waals surface area (Å²) in [4.78, 5) is 14.6. The highest BCUT2D eigenvalue weighted by molar-refractivity contribution is 6.06. The summed E-state index contributed by atoms with van der Waals surface area (Å²) in [6, 6.07) is 15.9. The summed E-state index contributed by atoms with van der Waals surface area (Å²) in [5.41, 5.74) is 4.00. The summed E-state index contributed by atoms with van der Waals surface area (Å²) in [5.74, 6) is 0.0705. The van der Waals surface area contributed by atoms with Gasteiger partial charge in [0.1, 0.15) is 0 Å². The van der Waals surface area contributed by atoms with Gasteiger partial charge in [-0.25, -0.2) is 0 Å². The molecule has 0 radical (unpaired) electrons. The third-order valence-electron chi connectivity index (χ3n) is 3.27. The Bertz CT molecular complexity index is 604. The summed E-state index contributed by atoms with van der Waals surface area (Å²) in [6.45, 7) is 6.88. The van der Waals surface area contributed by atoms with E-state index in [1.807, 2.05) is 61.2 Å². The number of benzene rings is 2. The molecule has 0 atom stereocenters. The van der Waals surface area contributed by atoms with Crippen LogP contribution >= 0.6 is 0 Å².